The summed E-state index contributed by atoms with van der Waals surface area (Å²) in [7, 11) is 0. The molecule has 2 N–H and O–H groups in total. The van der Waals surface area contributed by atoms with Crippen LogP contribution in [-0.2, 0) is 0 Å². The summed E-state index contributed by atoms with van der Waals surface area (Å²) in [5, 5.41) is 7.75. The van der Waals surface area contributed by atoms with Crippen molar-refractivity contribution >= 4 is 53.2 Å². The van der Waals surface area contributed by atoms with Gasteiger partial charge in [-0.15, -0.1) is 24.8 Å². The van der Waals surface area contributed by atoms with Gasteiger partial charge in [-0.1, -0.05) is 11.6 Å². The molecule has 1 aliphatic rings. The monoisotopic (exact) mass is 361 g/mol. The Hall–Kier alpha value is -1.07. The molecule has 4 nitrogen and oxygen atoms in total. The Labute approximate surface area is 146 Å². The Morgan fingerprint density at radius 1 is 1.36 bits per heavy atom. The number of rotatable bonds is 3. The van der Waals surface area contributed by atoms with Crippen LogP contribution >= 0.6 is 36.4 Å². The number of pyridine rings is 1. The third-order valence-corrected chi connectivity index (χ3v) is 3.96. The van der Waals surface area contributed by atoms with Crippen LogP contribution in [0.5, 0.6) is 0 Å². The van der Waals surface area contributed by atoms with E-state index < -0.39 is 0 Å². The predicted molar refractivity (Wildman–Crippen MR) is 94.6 cm³/mol. The molecular weight excluding hydrogens is 345 g/mol. The fourth-order valence-electron chi connectivity index (χ4n) is 2.56. The Morgan fingerprint density at radius 2 is 2.18 bits per heavy atom. The SMILES string of the molecule is Cl.Cl.O=C(NCC1CCCN1)c1ccc(Cl)c2cccnc12. The highest BCUT2D eigenvalue weighted by Crippen LogP contribution is 2.24. The maximum atomic E-state index is 12.3. The number of hydrogen-bond acceptors (Lipinski definition) is 3. The zero-order valence-corrected chi connectivity index (χ0v) is 14.2. The van der Waals surface area contributed by atoms with E-state index in [-0.39, 0.29) is 30.7 Å². The van der Waals surface area contributed by atoms with Crippen molar-refractivity contribution in [3.8, 4) is 0 Å². The Kier molecular flexibility index (Phi) is 7.36. The molecule has 2 aromatic rings. The third-order valence-electron chi connectivity index (χ3n) is 3.63. The number of nitrogens with zero attached hydrogens (tertiary/aromatic N) is 1. The molecule has 1 aliphatic heterocycles. The summed E-state index contributed by atoms with van der Waals surface area (Å²) >= 11 is 6.13. The van der Waals surface area contributed by atoms with Gasteiger partial charge in [-0.05, 0) is 43.7 Å². The minimum Gasteiger partial charge on any atom is -0.350 e. The van der Waals surface area contributed by atoms with Crippen molar-refractivity contribution < 1.29 is 4.79 Å². The molecule has 1 atom stereocenters. The highest BCUT2D eigenvalue weighted by Gasteiger charge is 2.17. The van der Waals surface area contributed by atoms with Crippen LogP contribution in [0.25, 0.3) is 10.9 Å². The van der Waals surface area contributed by atoms with Crippen molar-refractivity contribution in [3.05, 3.63) is 41.0 Å². The first-order valence-corrected chi connectivity index (χ1v) is 7.18. The Bertz CT molecular complexity index is 645. The lowest BCUT2D eigenvalue weighted by Crippen LogP contribution is -2.37. The summed E-state index contributed by atoms with van der Waals surface area (Å²) in [5.74, 6) is -0.0981. The number of carbonyl (C=O) groups is 1. The van der Waals surface area contributed by atoms with E-state index in [0.29, 0.717) is 28.7 Å². The van der Waals surface area contributed by atoms with Gasteiger partial charge in [-0.25, -0.2) is 0 Å². The first-order valence-electron chi connectivity index (χ1n) is 6.80. The number of fused-ring (bicyclic) bond motifs is 1. The molecule has 1 amide bonds. The number of nitrogens with one attached hydrogen (secondary N) is 2. The molecule has 0 radical (unpaired) electrons. The van der Waals surface area contributed by atoms with Crippen LogP contribution in [0.2, 0.25) is 5.02 Å². The topological polar surface area (TPSA) is 54.0 Å². The standard InChI is InChI=1S/C15H16ClN3O.2ClH/c16-13-6-5-12(14-11(13)4-2-8-18-14)15(20)19-9-10-3-1-7-17-10;;/h2,4-6,8,10,17H,1,3,7,9H2,(H,19,20);2*1H. The van der Waals surface area contributed by atoms with Crippen molar-refractivity contribution in [3.63, 3.8) is 0 Å². The second-order valence-corrected chi connectivity index (χ2v) is 5.41. The molecule has 1 saturated heterocycles. The zero-order valence-electron chi connectivity index (χ0n) is 11.8. The fourth-order valence-corrected chi connectivity index (χ4v) is 2.78. The molecule has 1 aromatic heterocycles. The largest absolute Gasteiger partial charge is 0.350 e. The number of hydrogen-bond donors (Lipinski definition) is 2. The number of halogens is 3. The summed E-state index contributed by atoms with van der Waals surface area (Å²) in [6, 6.07) is 7.55. The van der Waals surface area contributed by atoms with Gasteiger partial charge >= 0.3 is 0 Å². The van der Waals surface area contributed by atoms with E-state index in [0.717, 1.165) is 18.4 Å². The lowest BCUT2D eigenvalue weighted by Gasteiger charge is -2.12. The summed E-state index contributed by atoms with van der Waals surface area (Å²) in [4.78, 5) is 16.6. The van der Waals surface area contributed by atoms with Crippen molar-refractivity contribution in [2.24, 2.45) is 0 Å². The van der Waals surface area contributed by atoms with Gasteiger partial charge in [0, 0.05) is 24.2 Å². The van der Waals surface area contributed by atoms with E-state index >= 15 is 0 Å². The van der Waals surface area contributed by atoms with Crippen LogP contribution in [-0.4, -0.2) is 30.0 Å². The summed E-state index contributed by atoms with van der Waals surface area (Å²) in [6.45, 7) is 1.68. The molecule has 1 fully saturated rings. The first kappa shape index (κ1) is 19.0. The van der Waals surface area contributed by atoms with E-state index in [1.807, 2.05) is 12.1 Å². The lowest BCUT2D eigenvalue weighted by molar-refractivity contribution is 0.0952. The van der Waals surface area contributed by atoms with Crippen LogP contribution in [0.3, 0.4) is 0 Å². The molecule has 2 heterocycles. The molecule has 120 valence electrons. The van der Waals surface area contributed by atoms with Gasteiger partial charge in [-0.3, -0.25) is 9.78 Å². The number of carbonyl (C=O) groups excluding carboxylic acids is 1. The van der Waals surface area contributed by atoms with Crippen LogP contribution in [0.15, 0.2) is 30.5 Å². The van der Waals surface area contributed by atoms with E-state index in [1.165, 1.54) is 6.42 Å². The predicted octanol–water partition coefficient (Wildman–Crippen LogP) is 3.21. The maximum absolute atomic E-state index is 12.3. The van der Waals surface area contributed by atoms with E-state index in [9.17, 15) is 4.79 Å². The van der Waals surface area contributed by atoms with Crippen LogP contribution < -0.4 is 10.6 Å². The highest BCUT2D eigenvalue weighted by atomic mass is 35.5. The molecule has 1 aromatic carbocycles. The van der Waals surface area contributed by atoms with Gasteiger partial charge in [-0.2, -0.15) is 0 Å². The zero-order chi connectivity index (χ0) is 13.9. The molecule has 1 unspecified atom stereocenters. The number of amides is 1. The fraction of sp³-hybridized carbons (Fsp3) is 0.333. The molecular formula is C15H18Cl3N3O. The lowest BCUT2D eigenvalue weighted by atomic mass is 10.1. The smallest absolute Gasteiger partial charge is 0.253 e. The van der Waals surface area contributed by atoms with Gasteiger partial charge in [0.25, 0.3) is 5.91 Å². The minimum atomic E-state index is -0.0981. The van der Waals surface area contributed by atoms with Crippen molar-refractivity contribution in [1.29, 1.82) is 0 Å². The summed E-state index contributed by atoms with van der Waals surface area (Å²) in [5.41, 5.74) is 1.22. The van der Waals surface area contributed by atoms with E-state index in [2.05, 4.69) is 15.6 Å². The second kappa shape index (κ2) is 8.53. The van der Waals surface area contributed by atoms with Crippen molar-refractivity contribution in [2.45, 2.75) is 18.9 Å². The molecule has 22 heavy (non-hydrogen) atoms. The quantitative estimate of drug-likeness (QED) is 0.881. The molecule has 3 rings (SSSR count). The average Bonchev–Trinajstić information content (AvgIpc) is 2.99. The summed E-state index contributed by atoms with van der Waals surface area (Å²) in [6.07, 6.45) is 3.96. The second-order valence-electron chi connectivity index (χ2n) is 5.00. The Balaban J connectivity index is 0.00000121. The van der Waals surface area contributed by atoms with Crippen molar-refractivity contribution in [1.82, 2.24) is 15.6 Å². The van der Waals surface area contributed by atoms with Gasteiger partial charge in [0.1, 0.15) is 0 Å². The Morgan fingerprint density at radius 3 is 2.91 bits per heavy atom. The van der Waals surface area contributed by atoms with E-state index in [1.54, 1.807) is 18.3 Å². The third kappa shape index (κ3) is 4.02. The van der Waals surface area contributed by atoms with E-state index in [4.69, 9.17) is 11.6 Å². The molecule has 7 heteroatoms. The van der Waals surface area contributed by atoms with Crippen molar-refractivity contribution in [2.75, 3.05) is 13.1 Å². The van der Waals surface area contributed by atoms with Crippen LogP contribution in [0, 0.1) is 0 Å². The average molecular weight is 363 g/mol. The molecule has 0 spiro atoms. The highest BCUT2D eigenvalue weighted by molar-refractivity contribution is 6.36. The van der Waals surface area contributed by atoms with Crippen LogP contribution in [0.1, 0.15) is 23.2 Å². The number of benzene rings is 1. The minimum absolute atomic E-state index is 0. The van der Waals surface area contributed by atoms with Gasteiger partial charge in [0.2, 0.25) is 0 Å². The molecule has 0 aliphatic carbocycles. The van der Waals surface area contributed by atoms with Crippen LogP contribution in [0.4, 0.5) is 0 Å². The first-order chi connectivity index (χ1) is 9.75. The van der Waals surface area contributed by atoms with Gasteiger partial charge < -0.3 is 10.6 Å². The summed E-state index contributed by atoms with van der Waals surface area (Å²) < 4.78 is 0. The normalized spacial score (nSPS) is 16.7. The maximum Gasteiger partial charge on any atom is 0.253 e. The molecule has 0 saturated carbocycles. The number of aromatic nitrogens is 1. The van der Waals surface area contributed by atoms with Gasteiger partial charge in [0.15, 0.2) is 0 Å². The molecule has 0 bridgehead atoms. The van der Waals surface area contributed by atoms with Gasteiger partial charge in [0.05, 0.1) is 16.1 Å².